The highest BCUT2D eigenvalue weighted by Crippen LogP contribution is 2.31. The zero-order chi connectivity index (χ0) is 24.1. The molecule has 0 radical (unpaired) electrons. The first-order valence-electron chi connectivity index (χ1n) is 10.6. The lowest BCUT2D eigenvalue weighted by molar-refractivity contribution is -0.125. The quantitative estimate of drug-likeness (QED) is 0.382. The van der Waals surface area contributed by atoms with Gasteiger partial charge in [0.1, 0.15) is 6.61 Å². The molecule has 3 aromatic rings. The summed E-state index contributed by atoms with van der Waals surface area (Å²) in [6, 6.07) is 20.1. The number of hydrogen-bond donors (Lipinski definition) is 2. The Morgan fingerprint density at radius 1 is 1.09 bits per heavy atom. The summed E-state index contributed by atoms with van der Waals surface area (Å²) in [6.07, 6.45) is 0.141. The Labute approximate surface area is 211 Å². The minimum absolute atomic E-state index is 0.101. The third kappa shape index (κ3) is 5.81. The SMILES string of the molecule is COc1cc(NNC(=O)[C@H]2CC(=O)N(c3ccc(Cl)cc3)C2)ccc1OCc1ccc(Br)cc1. The molecule has 0 aromatic heterocycles. The van der Waals surface area contributed by atoms with Crippen molar-refractivity contribution >= 4 is 50.7 Å². The van der Waals surface area contributed by atoms with Crippen molar-refractivity contribution in [2.24, 2.45) is 5.92 Å². The van der Waals surface area contributed by atoms with Crippen LogP contribution in [0.3, 0.4) is 0 Å². The topological polar surface area (TPSA) is 79.9 Å². The van der Waals surface area contributed by atoms with Crippen LogP contribution >= 0.6 is 27.5 Å². The maximum Gasteiger partial charge on any atom is 0.243 e. The van der Waals surface area contributed by atoms with Gasteiger partial charge < -0.3 is 14.4 Å². The van der Waals surface area contributed by atoms with Gasteiger partial charge in [0.25, 0.3) is 0 Å². The van der Waals surface area contributed by atoms with Gasteiger partial charge >= 0.3 is 0 Å². The third-order valence-electron chi connectivity index (χ3n) is 5.44. The van der Waals surface area contributed by atoms with Gasteiger partial charge in [-0.3, -0.25) is 20.4 Å². The fourth-order valence-electron chi connectivity index (χ4n) is 3.60. The number of carbonyl (C=O) groups is 2. The van der Waals surface area contributed by atoms with Crippen molar-refractivity contribution < 1.29 is 19.1 Å². The van der Waals surface area contributed by atoms with Crippen molar-refractivity contribution in [2.75, 3.05) is 24.0 Å². The Hall–Kier alpha value is -3.23. The van der Waals surface area contributed by atoms with Crippen molar-refractivity contribution in [3.05, 3.63) is 81.8 Å². The van der Waals surface area contributed by atoms with Crippen LogP contribution in [0.5, 0.6) is 11.5 Å². The number of ether oxygens (including phenoxy) is 2. The molecule has 4 rings (SSSR count). The van der Waals surface area contributed by atoms with Crippen LogP contribution in [0, 0.1) is 5.92 Å². The van der Waals surface area contributed by atoms with Crippen LogP contribution in [-0.2, 0) is 16.2 Å². The zero-order valence-electron chi connectivity index (χ0n) is 18.4. The first kappa shape index (κ1) is 23.9. The summed E-state index contributed by atoms with van der Waals surface area (Å²) in [6.45, 7) is 0.702. The summed E-state index contributed by atoms with van der Waals surface area (Å²) in [7, 11) is 1.56. The minimum atomic E-state index is -0.467. The van der Waals surface area contributed by atoms with Crippen LogP contribution in [0.4, 0.5) is 11.4 Å². The van der Waals surface area contributed by atoms with Crippen molar-refractivity contribution in [1.82, 2.24) is 5.43 Å². The number of halogens is 2. The molecular formula is C25H23BrClN3O4. The van der Waals surface area contributed by atoms with Crippen LogP contribution in [0.2, 0.25) is 5.02 Å². The van der Waals surface area contributed by atoms with Gasteiger partial charge in [0.05, 0.1) is 18.7 Å². The second-order valence-electron chi connectivity index (χ2n) is 7.78. The second-order valence-corrected chi connectivity index (χ2v) is 9.13. The van der Waals surface area contributed by atoms with Gasteiger partial charge in [0.15, 0.2) is 11.5 Å². The predicted molar refractivity (Wildman–Crippen MR) is 135 cm³/mol. The highest BCUT2D eigenvalue weighted by atomic mass is 79.9. The molecule has 34 heavy (non-hydrogen) atoms. The third-order valence-corrected chi connectivity index (χ3v) is 6.22. The molecule has 1 saturated heterocycles. The summed E-state index contributed by atoms with van der Waals surface area (Å²) in [5, 5.41) is 0.592. The predicted octanol–water partition coefficient (Wildman–Crippen LogP) is 5.19. The summed E-state index contributed by atoms with van der Waals surface area (Å²) >= 11 is 9.34. The van der Waals surface area contributed by atoms with Gasteiger partial charge in [-0.15, -0.1) is 0 Å². The van der Waals surface area contributed by atoms with E-state index in [1.165, 1.54) is 0 Å². The number of nitrogens with zero attached hydrogens (tertiary/aromatic N) is 1. The van der Waals surface area contributed by atoms with Crippen LogP contribution < -0.4 is 25.2 Å². The molecule has 0 unspecified atom stereocenters. The van der Waals surface area contributed by atoms with Gasteiger partial charge in [-0.05, 0) is 54.1 Å². The van der Waals surface area contributed by atoms with E-state index < -0.39 is 5.92 Å². The largest absolute Gasteiger partial charge is 0.493 e. The van der Waals surface area contributed by atoms with Crippen LogP contribution in [-0.4, -0.2) is 25.5 Å². The molecule has 0 spiro atoms. The van der Waals surface area contributed by atoms with E-state index in [1.807, 2.05) is 24.3 Å². The Kier molecular flexibility index (Phi) is 7.59. The van der Waals surface area contributed by atoms with Gasteiger partial charge in [-0.2, -0.15) is 0 Å². The summed E-state index contributed by atoms with van der Waals surface area (Å²) < 4.78 is 12.3. The molecule has 1 heterocycles. The van der Waals surface area contributed by atoms with E-state index in [4.69, 9.17) is 21.1 Å². The molecule has 1 aliphatic heterocycles. The Balaban J connectivity index is 1.33. The molecule has 0 bridgehead atoms. The standard InChI is InChI=1S/C25H23BrClN3O4/c1-33-23-13-20(8-11-22(23)34-15-16-2-4-18(26)5-3-16)28-29-25(32)17-12-24(31)30(14-17)21-9-6-19(27)7-10-21/h2-11,13,17,28H,12,14-15H2,1H3,(H,29,32)/t17-/m0/s1. The fraction of sp³-hybridized carbons (Fsp3) is 0.200. The zero-order valence-corrected chi connectivity index (χ0v) is 20.7. The molecule has 9 heteroatoms. The lowest BCUT2D eigenvalue weighted by Gasteiger charge is -2.17. The van der Waals surface area contributed by atoms with Crippen LogP contribution in [0.1, 0.15) is 12.0 Å². The monoisotopic (exact) mass is 543 g/mol. The summed E-state index contributed by atoms with van der Waals surface area (Å²) in [5.74, 6) is 0.283. The van der Waals surface area contributed by atoms with E-state index in [1.54, 1.807) is 54.5 Å². The average molecular weight is 545 g/mol. The first-order chi connectivity index (χ1) is 16.4. The van der Waals surface area contributed by atoms with Crippen molar-refractivity contribution in [1.29, 1.82) is 0 Å². The highest BCUT2D eigenvalue weighted by Gasteiger charge is 2.35. The number of rotatable bonds is 8. The van der Waals surface area contributed by atoms with Crippen molar-refractivity contribution in [3.63, 3.8) is 0 Å². The number of amides is 2. The number of nitrogens with one attached hydrogen (secondary N) is 2. The maximum absolute atomic E-state index is 12.7. The molecule has 7 nitrogen and oxygen atoms in total. The maximum atomic E-state index is 12.7. The van der Waals surface area contributed by atoms with Crippen LogP contribution in [0.25, 0.3) is 0 Å². The lowest BCUT2D eigenvalue weighted by atomic mass is 10.1. The average Bonchev–Trinajstić information content (AvgIpc) is 3.24. The van der Waals surface area contributed by atoms with E-state index in [2.05, 4.69) is 26.8 Å². The molecule has 1 fully saturated rings. The number of hydrazine groups is 1. The van der Waals surface area contributed by atoms with Gasteiger partial charge in [-0.25, -0.2) is 0 Å². The number of carbonyl (C=O) groups excluding carboxylic acids is 2. The van der Waals surface area contributed by atoms with Gasteiger partial charge in [0.2, 0.25) is 11.8 Å². The number of anilines is 2. The molecular weight excluding hydrogens is 522 g/mol. The molecule has 0 aliphatic carbocycles. The second kappa shape index (κ2) is 10.8. The smallest absolute Gasteiger partial charge is 0.243 e. The van der Waals surface area contributed by atoms with E-state index >= 15 is 0 Å². The fourth-order valence-corrected chi connectivity index (χ4v) is 3.99. The Morgan fingerprint density at radius 3 is 2.53 bits per heavy atom. The summed E-state index contributed by atoms with van der Waals surface area (Å²) in [4.78, 5) is 26.7. The molecule has 0 saturated carbocycles. The molecule has 3 aromatic carbocycles. The Morgan fingerprint density at radius 2 is 1.82 bits per heavy atom. The molecule has 2 amide bonds. The van der Waals surface area contributed by atoms with E-state index in [0.717, 1.165) is 15.7 Å². The highest BCUT2D eigenvalue weighted by molar-refractivity contribution is 9.10. The van der Waals surface area contributed by atoms with E-state index in [-0.39, 0.29) is 18.2 Å². The van der Waals surface area contributed by atoms with Crippen LogP contribution in [0.15, 0.2) is 71.2 Å². The molecule has 2 N–H and O–H groups in total. The van der Waals surface area contributed by atoms with Crippen molar-refractivity contribution in [2.45, 2.75) is 13.0 Å². The number of methoxy groups -OCH3 is 1. The normalized spacial score (nSPS) is 15.2. The summed E-state index contributed by atoms with van der Waals surface area (Å²) in [5.41, 5.74) is 7.95. The molecule has 176 valence electrons. The van der Waals surface area contributed by atoms with Gasteiger partial charge in [0, 0.05) is 34.2 Å². The number of benzene rings is 3. The lowest BCUT2D eigenvalue weighted by Crippen LogP contribution is -2.36. The number of hydrogen-bond acceptors (Lipinski definition) is 5. The minimum Gasteiger partial charge on any atom is -0.493 e. The van der Waals surface area contributed by atoms with Gasteiger partial charge in [-0.1, -0.05) is 39.7 Å². The first-order valence-corrected chi connectivity index (χ1v) is 11.8. The van der Waals surface area contributed by atoms with Crippen molar-refractivity contribution in [3.8, 4) is 11.5 Å². The molecule has 1 atom stereocenters. The van der Waals surface area contributed by atoms with E-state index in [9.17, 15) is 9.59 Å². The van der Waals surface area contributed by atoms with E-state index in [0.29, 0.717) is 35.4 Å². The Bertz CT molecular complexity index is 1170. The molecule has 1 aliphatic rings.